The molecule has 3 unspecified atom stereocenters. The third-order valence-electron chi connectivity index (χ3n) is 4.02. The molecule has 3 saturated heterocycles. The van der Waals surface area contributed by atoms with Crippen LogP contribution in [0.1, 0.15) is 26.2 Å². The highest BCUT2D eigenvalue weighted by molar-refractivity contribution is 6.62. The minimum absolute atomic E-state index is 0.00141. The molecule has 0 aliphatic carbocycles. The number of rotatable bonds is 5. The molecule has 3 heterocycles. The van der Waals surface area contributed by atoms with E-state index >= 15 is 0 Å². The van der Waals surface area contributed by atoms with Gasteiger partial charge in [-0.15, -0.1) is 0 Å². The second-order valence-electron chi connectivity index (χ2n) is 5.52. The molecule has 0 aromatic rings. The maximum Gasteiger partial charge on any atom is 0.501 e. The zero-order chi connectivity index (χ0) is 13.3. The molecule has 0 spiro atoms. The molecule has 3 rings (SSSR count). The van der Waals surface area contributed by atoms with E-state index in [1.54, 1.807) is 0 Å². The molecule has 108 valence electrons. The van der Waals surface area contributed by atoms with Gasteiger partial charge in [0.15, 0.2) is 0 Å². The third-order valence-corrected chi connectivity index (χ3v) is 6.99. The third kappa shape index (κ3) is 2.85. The average molecular weight is 286 g/mol. The highest BCUT2D eigenvalue weighted by Gasteiger charge is 2.57. The molecule has 0 saturated carbocycles. The predicted octanol–water partition coefficient (Wildman–Crippen LogP) is 0.0177. The molecule has 2 N–H and O–H groups in total. The van der Waals surface area contributed by atoms with E-state index in [4.69, 9.17) is 13.3 Å². The maximum absolute atomic E-state index is 11.8. The largest absolute Gasteiger partial charge is 0.501 e. The second-order valence-corrected chi connectivity index (χ2v) is 8.14. The first-order chi connectivity index (χ1) is 9.19. The van der Waals surface area contributed by atoms with Crippen molar-refractivity contribution in [1.29, 1.82) is 0 Å². The standard InChI is InChI=1S/C12H22N2O4Si/c1-9-11-8-16-19(17-9,18-11)7-3-6-14-12(15)10-4-2-5-13-10/h9-11,13H,2-8H2,1H3,(H,14,15)/t9?,10-,11?,19?/m0/s1. The van der Waals surface area contributed by atoms with Gasteiger partial charge < -0.3 is 23.9 Å². The van der Waals surface area contributed by atoms with E-state index in [0.717, 1.165) is 31.9 Å². The Morgan fingerprint density at radius 1 is 1.47 bits per heavy atom. The summed E-state index contributed by atoms with van der Waals surface area (Å²) < 4.78 is 17.4. The Bertz CT molecular complexity index is 347. The summed E-state index contributed by atoms with van der Waals surface area (Å²) in [6.45, 7) is 4.32. The molecule has 4 atom stereocenters. The number of carbonyl (C=O) groups excluding carboxylic acids is 1. The Hall–Kier alpha value is -0.473. The van der Waals surface area contributed by atoms with Gasteiger partial charge in [0.05, 0.1) is 24.9 Å². The Labute approximate surface area is 114 Å². The maximum atomic E-state index is 11.8. The van der Waals surface area contributed by atoms with Gasteiger partial charge in [-0.25, -0.2) is 0 Å². The van der Waals surface area contributed by atoms with Crippen molar-refractivity contribution >= 4 is 14.7 Å². The Balaban J connectivity index is 1.36. The Morgan fingerprint density at radius 2 is 2.37 bits per heavy atom. The SMILES string of the molecule is CC1O[Si]2(CCCNC(=O)[C@@H]3CCCN3)OCC1O2. The van der Waals surface area contributed by atoms with Gasteiger partial charge in [-0.2, -0.15) is 0 Å². The lowest BCUT2D eigenvalue weighted by atomic mass is 10.2. The van der Waals surface area contributed by atoms with Gasteiger partial charge in [-0.1, -0.05) is 0 Å². The lowest BCUT2D eigenvalue weighted by Gasteiger charge is -2.22. The summed E-state index contributed by atoms with van der Waals surface area (Å²) >= 11 is 0. The average Bonchev–Trinajstić information content (AvgIpc) is 3.09. The van der Waals surface area contributed by atoms with E-state index in [9.17, 15) is 4.79 Å². The second kappa shape index (κ2) is 5.49. The number of hydrogen-bond acceptors (Lipinski definition) is 5. The quantitative estimate of drug-likeness (QED) is 0.551. The normalized spacial score (nSPS) is 40.8. The van der Waals surface area contributed by atoms with Gasteiger partial charge in [0.2, 0.25) is 5.91 Å². The molecule has 6 nitrogen and oxygen atoms in total. The van der Waals surface area contributed by atoms with Crippen molar-refractivity contribution in [3.8, 4) is 0 Å². The van der Waals surface area contributed by atoms with Crippen molar-refractivity contribution < 1.29 is 18.1 Å². The van der Waals surface area contributed by atoms with Gasteiger partial charge >= 0.3 is 8.80 Å². The van der Waals surface area contributed by atoms with Crippen LogP contribution in [0.25, 0.3) is 0 Å². The molecule has 19 heavy (non-hydrogen) atoms. The highest BCUT2D eigenvalue weighted by Crippen LogP contribution is 2.36. The van der Waals surface area contributed by atoms with Gasteiger partial charge in [-0.05, 0) is 32.7 Å². The molecule has 3 aliphatic heterocycles. The van der Waals surface area contributed by atoms with Crippen LogP contribution >= 0.6 is 0 Å². The lowest BCUT2D eigenvalue weighted by molar-refractivity contribution is -0.122. The predicted molar refractivity (Wildman–Crippen MR) is 70.6 cm³/mol. The molecule has 0 radical (unpaired) electrons. The summed E-state index contributed by atoms with van der Waals surface area (Å²) in [5.74, 6) is 0.114. The van der Waals surface area contributed by atoms with Crippen LogP contribution < -0.4 is 10.6 Å². The van der Waals surface area contributed by atoms with Crippen molar-refractivity contribution in [2.45, 2.75) is 50.5 Å². The fourth-order valence-corrected chi connectivity index (χ4v) is 5.94. The van der Waals surface area contributed by atoms with Crippen LogP contribution in [0.4, 0.5) is 0 Å². The molecule has 0 aromatic heterocycles. The van der Waals surface area contributed by atoms with Crippen molar-refractivity contribution in [3.63, 3.8) is 0 Å². The molecular weight excluding hydrogens is 264 g/mol. The fourth-order valence-electron chi connectivity index (χ4n) is 2.90. The van der Waals surface area contributed by atoms with E-state index in [1.807, 2.05) is 6.92 Å². The van der Waals surface area contributed by atoms with Crippen LogP contribution in [0, 0.1) is 0 Å². The number of amides is 1. The summed E-state index contributed by atoms with van der Waals surface area (Å²) in [6, 6.07) is 0.799. The summed E-state index contributed by atoms with van der Waals surface area (Å²) in [6.07, 6.45) is 3.17. The molecule has 1 amide bonds. The summed E-state index contributed by atoms with van der Waals surface area (Å²) in [5.41, 5.74) is 0. The molecule has 2 bridgehead atoms. The first-order valence-electron chi connectivity index (χ1n) is 7.19. The van der Waals surface area contributed by atoms with E-state index in [-0.39, 0.29) is 24.2 Å². The van der Waals surface area contributed by atoms with Crippen LogP contribution in [0.15, 0.2) is 0 Å². The van der Waals surface area contributed by atoms with E-state index < -0.39 is 8.80 Å². The number of fused-ring (bicyclic) bond motifs is 2. The van der Waals surface area contributed by atoms with Crippen LogP contribution in [-0.4, -0.2) is 52.7 Å². The van der Waals surface area contributed by atoms with E-state index in [2.05, 4.69) is 10.6 Å². The Morgan fingerprint density at radius 3 is 3.00 bits per heavy atom. The van der Waals surface area contributed by atoms with Gasteiger partial charge in [0.25, 0.3) is 0 Å². The summed E-state index contributed by atoms with van der Waals surface area (Å²) in [5, 5.41) is 6.16. The van der Waals surface area contributed by atoms with Crippen LogP contribution in [0.2, 0.25) is 6.04 Å². The van der Waals surface area contributed by atoms with E-state index in [1.165, 1.54) is 0 Å². The fraction of sp³-hybridized carbons (Fsp3) is 0.917. The first kappa shape index (κ1) is 13.5. The van der Waals surface area contributed by atoms with Crippen molar-refractivity contribution in [2.75, 3.05) is 19.7 Å². The molecule has 3 aliphatic rings. The first-order valence-corrected chi connectivity index (χ1v) is 9.12. The van der Waals surface area contributed by atoms with Crippen molar-refractivity contribution in [2.24, 2.45) is 0 Å². The Kier molecular flexibility index (Phi) is 3.90. The monoisotopic (exact) mass is 286 g/mol. The number of hydrogen-bond donors (Lipinski definition) is 2. The highest BCUT2D eigenvalue weighted by atomic mass is 28.4. The van der Waals surface area contributed by atoms with Crippen molar-refractivity contribution in [3.05, 3.63) is 0 Å². The minimum atomic E-state index is -2.37. The summed E-state index contributed by atoms with van der Waals surface area (Å²) in [7, 11) is -2.37. The van der Waals surface area contributed by atoms with Gasteiger partial charge in [0.1, 0.15) is 0 Å². The zero-order valence-corrected chi connectivity index (χ0v) is 12.3. The van der Waals surface area contributed by atoms with Gasteiger partial charge in [0, 0.05) is 12.6 Å². The number of carbonyl (C=O) groups is 1. The topological polar surface area (TPSA) is 68.8 Å². The zero-order valence-electron chi connectivity index (χ0n) is 11.3. The molecule has 3 fully saturated rings. The number of nitrogens with one attached hydrogen (secondary N) is 2. The van der Waals surface area contributed by atoms with Crippen LogP contribution in [0.3, 0.4) is 0 Å². The van der Waals surface area contributed by atoms with Crippen LogP contribution in [0.5, 0.6) is 0 Å². The molecular formula is C12H22N2O4Si. The lowest BCUT2D eigenvalue weighted by Crippen LogP contribution is -2.43. The molecule has 0 aromatic carbocycles. The van der Waals surface area contributed by atoms with Gasteiger partial charge in [-0.3, -0.25) is 4.79 Å². The summed E-state index contributed by atoms with van der Waals surface area (Å²) in [4.78, 5) is 11.8. The van der Waals surface area contributed by atoms with E-state index in [0.29, 0.717) is 13.2 Å². The minimum Gasteiger partial charge on any atom is -0.371 e. The molecule has 7 heteroatoms. The van der Waals surface area contributed by atoms with Crippen molar-refractivity contribution in [1.82, 2.24) is 10.6 Å². The van der Waals surface area contributed by atoms with Crippen LogP contribution in [-0.2, 0) is 18.1 Å². The smallest absolute Gasteiger partial charge is 0.371 e.